The number of carbonyl (C=O) groups excluding carboxylic acids is 2. The van der Waals surface area contributed by atoms with Gasteiger partial charge in [-0.05, 0) is 39.3 Å². The molecule has 1 saturated carbocycles. The summed E-state index contributed by atoms with van der Waals surface area (Å²) in [5.41, 5.74) is 0. The lowest BCUT2D eigenvalue weighted by Gasteiger charge is -2.24. The average Bonchev–Trinajstić information content (AvgIpc) is 2.87. The van der Waals surface area contributed by atoms with Crippen molar-refractivity contribution in [1.82, 2.24) is 20.9 Å². The van der Waals surface area contributed by atoms with Crippen molar-refractivity contribution >= 4 is 11.9 Å². The molecule has 2 fully saturated rings. The first-order valence-electron chi connectivity index (χ1n) is 8.18. The van der Waals surface area contributed by atoms with Gasteiger partial charge in [0.25, 0.3) is 0 Å². The molecular formula is C15H28N4O2. The fourth-order valence-electron chi connectivity index (χ4n) is 3.39. The minimum absolute atomic E-state index is 0.202. The van der Waals surface area contributed by atoms with Crippen LogP contribution in [0.3, 0.4) is 0 Å². The maximum absolute atomic E-state index is 12.0. The zero-order valence-electron chi connectivity index (χ0n) is 13.0. The van der Waals surface area contributed by atoms with E-state index in [1.807, 2.05) is 7.05 Å². The molecular weight excluding hydrogens is 268 g/mol. The van der Waals surface area contributed by atoms with Gasteiger partial charge < -0.3 is 10.6 Å². The molecule has 0 radical (unpaired) electrons. The summed E-state index contributed by atoms with van der Waals surface area (Å²) in [6, 6.07) is 0.300. The molecule has 0 aromatic heterocycles. The summed E-state index contributed by atoms with van der Waals surface area (Å²) in [4.78, 5) is 25.9. The molecule has 120 valence electrons. The minimum Gasteiger partial charge on any atom is -0.335 e. The number of hydrogen-bond donors (Lipinski definition) is 3. The van der Waals surface area contributed by atoms with E-state index < -0.39 is 0 Å². The summed E-state index contributed by atoms with van der Waals surface area (Å²) < 4.78 is 0. The Bertz CT molecular complexity index is 356. The Morgan fingerprint density at radius 1 is 1.10 bits per heavy atom. The molecule has 0 spiro atoms. The second-order valence-electron chi connectivity index (χ2n) is 6.18. The standard InChI is InChI=1S/C15H28N4O2/c1-16-10-13-8-5-9-19(13)11-14(20)18-15(21)17-12-6-3-2-4-7-12/h12-13,16H,2-11H2,1H3,(H2,17,18,20,21). The van der Waals surface area contributed by atoms with Crippen LogP contribution in [0.25, 0.3) is 0 Å². The monoisotopic (exact) mass is 296 g/mol. The number of likely N-dealkylation sites (tertiary alicyclic amines) is 1. The topological polar surface area (TPSA) is 73.5 Å². The Hall–Kier alpha value is -1.14. The number of likely N-dealkylation sites (N-methyl/N-ethyl adjacent to an activating group) is 1. The third-order valence-electron chi connectivity index (χ3n) is 4.48. The van der Waals surface area contributed by atoms with Crippen LogP contribution in [0.1, 0.15) is 44.9 Å². The smallest absolute Gasteiger partial charge is 0.321 e. The maximum atomic E-state index is 12.0. The van der Waals surface area contributed by atoms with Gasteiger partial charge in [0.05, 0.1) is 6.54 Å². The molecule has 1 aliphatic heterocycles. The van der Waals surface area contributed by atoms with E-state index in [0.29, 0.717) is 12.6 Å². The Morgan fingerprint density at radius 2 is 1.86 bits per heavy atom. The minimum atomic E-state index is -0.337. The summed E-state index contributed by atoms with van der Waals surface area (Å²) in [5.74, 6) is -0.202. The highest BCUT2D eigenvalue weighted by Gasteiger charge is 2.26. The predicted molar refractivity (Wildman–Crippen MR) is 82.1 cm³/mol. The van der Waals surface area contributed by atoms with Crippen molar-refractivity contribution in [1.29, 1.82) is 0 Å². The molecule has 1 aliphatic carbocycles. The zero-order chi connectivity index (χ0) is 15.1. The summed E-state index contributed by atoms with van der Waals surface area (Å²) in [5, 5.41) is 8.53. The van der Waals surface area contributed by atoms with Crippen molar-refractivity contribution in [3.8, 4) is 0 Å². The lowest BCUT2D eigenvalue weighted by molar-refractivity contribution is -0.121. The predicted octanol–water partition coefficient (Wildman–Crippen LogP) is 0.829. The number of nitrogens with zero attached hydrogens (tertiary/aromatic N) is 1. The highest BCUT2D eigenvalue weighted by atomic mass is 16.2. The normalized spacial score (nSPS) is 24.0. The van der Waals surface area contributed by atoms with Crippen LogP contribution in [-0.2, 0) is 4.79 Å². The molecule has 2 aliphatic rings. The molecule has 1 saturated heterocycles. The van der Waals surface area contributed by atoms with Gasteiger partial charge in [0, 0.05) is 18.6 Å². The Kier molecular flexibility index (Phi) is 6.45. The van der Waals surface area contributed by atoms with Gasteiger partial charge in [-0.25, -0.2) is 4.79 Å². The molecule has 6 nitrogen and oxygen atoms in total. The third kappa shape index (κ3) is 5.28. The molecule has 6 heteroatoms. The summed E-state index contributed by atoms with van der Waals surface area (Å²) in [6.45, 7) is 2.13. The summed E-state index contributed by atoms with van der Waals surface area (Å²) in [6.07, 6.45) is 7.86. The van der Waals surface area contributed by atoms with Crippen LogP contribution in [-0.4, -0.2) is 55.6 Å². The van der Waals surface area contributed by atoms with E-state index in [4.69, 9.17) is 0 Å². The number of nitrogens with one attached hydrogen (secondary N) is 3. The lowest BCUT2D eigenvalue weighted by Crippen LogP contribution is -2.49. The number of carbonyl (C=O) groups is 2. The van der Waals surface area contributed by atoms with Crippen molar-refractivity contribution in [2.75, 3.05) is 26.7 Å². The summed E-state index contributed by atoms with van der Waals surface area (Å²) in [7, 11) is 1.92. The number of urea groups is 1. The van der Waals surface area contributed by atoms with Gasteiger partial charge in [-0.1, -0.05) is 19.3 Å². The van der Waals surface area contributed by atoms with Gasteiger partial charge in [-0.2, -0.15) is 0 Å². The van der Waals surface area contributed by atoms with Crippen LogP contribution in [0, 0.1) is 0 Å². The van der Waals surface area contributed by atoms with Crippen molar-refractivity contribution in [2.45, 2.75) is 57.0 Å². The lowest BCUT2D eigenvalue weighted by atomic mass is 9.96. The van der Waals surface area contributed by atoms with Gasteiger partial charge in [0.2, 0.25) is 5.91 Å². The van der Waals surface area contributed by atoms with E-state index in [9.17, 15) is 9.59 Å². The summed E-state index contributed by atoms with van der Waals surface area (Å²) >= 11 is 0. The highest BCUT2D eigenvalue weighted by molar-refractivity contribution is 5.95. The van der Waals surface area contributed by atoms with Crippen molar-refractivity contribution in [3.63, 3.8) is 0 Å². The molecule has 2 rings (SSSR count). The van der Waals surface area contributed by atoms with Gasteiger partial charge >= 0.3 is 6.03 Å². The van der Waals surface area contributed by atoms with Crippen LogP contribution in [0.2, 0.25) is 0 Å². The Balaban J connectivity index is 1.69. The van der Waals surface area contributed by atoms with Crippen LogP contribution in [0.15, 0.2) is 0 Å². The molecule has 1 atom stereocenters. The number of imide groups is 1. The second-order valence-corrected chi connectivity index (χ2v) is 6.18. The average molecular weight is 296 g/mol. The van der Waals surface area contributed by atoms with E-state index in [1.54, 1.807) is 0 Å². The number of rotatable bonds is 5. The fourth-order valence-corrected chi connectivity index (χ4v) is 3.39. The van der Waals surface area contributed by atoms with Gasteiger partial charge in [-0.3, -0.25) is 15.0 Å². The second kappa shape index (κ2) is 8.34. The first-order valence-corrected chi connectivity index (χ1v) is 8.18. The SMILES string of the molecule is CNCC1CCCN1CC(=O)NC(=O)NC1CCCCC1. The Labute approximate surface area is 127 Å². The van der Waals surface area contributed by atoms with Crippen LogP contribution >= 0.6 is 0 Å². The van der Waals surface area contributed by atoms with E-state index in [0.717, 1.165) is 38.8 Å². The third-order valence-corrected chi connectivity index (χ3v) is 4.48. The first kappa shape index (κ1) is 16.2. The van der Waals surface area contributed by atoms with E-state index >= 15 is 0 Å². The van der Waals surface area contributed by atoms with Crippen molar-refractivity contribution in [3.05, 3.63) is 0 Å². The first-order chi connectivity index (χ1) is 10.2. The van der Waals surface area contributed by atoms with Gasteiger partial charge in [0.15, 0.2) is 0 Å². The molecule has 21 heavy (non-hydrogen) atoms. The molecule has 0 aromatic rings. The van der Waals surface area contributed by atoms with E-state index in [1.165, 1.54) is 19.3 Å². The number of amides is 3. The molecule has 1 heterocycles. The van der Waals surface area contributed by atoms with Crippen molar-refractivity contribution in [2.24, 2.45) is 0 Å². The Morgan fingerprint density at radius 3 is 2.57 bits per heavy atom. The van der Waals surface area contributed by atoms with Crippen LogP contribution in [0.5, 0.6) is 0 Å². The largest absolute Gasteiger partial charge is 0.335 e. The molecule has 3 N–H and O–H groups in total. The van der Waals surface area contributed by atoms with Crippen molar-refractivity contribution < 1.29 is 9.59 Å². The maximum Gasteiger partial charge on any atom is 0.321 e. The molecule has 3 amide bonds. The molecule has 1 unspecified atom stereocenters. The quantitative estimate of drug-likeness (QED) is 0.702. The van der Waals surface area contributed by atoms with Gasteiger partial charge in [0.1, 0.15) is 0 Å². The van der Waals surface area contributed by atoms with Crippen LogP contribution < -0.4 is 16.0 Å². The van der Waals surface area contributed by atoms with E-state index in [-0.39, 0.29) is 18.0 Å². The number of hydrogen-bond acceptors (Lipinski definition) is 4. The van der Waals surface area contributed by atoms with Gasteiger partial charge in [-0.15, -0.1) is 0 Å². The van der Waals surface area contributed by atoms with Crippen LogP contribution in [0.4, 0.5) is 4.79 Å². The molecule has 0 bridgehead atoms. The van der Waals surface area contributed by atoms with E-state index in [2.05, 4.69) is 20.9 Å². The highest BCUT2D eigenvalue weighted by Crippen LogP contribution is 2.17. The fraction of sp³-hybridized carbons (Fsp3) is 0.867. The zero-order valence-corrected chi connectivity index (χ0v) is 13.0. The molecule has 0 aromatic carbocycles.